The van der Waals surface area contributed by atoms with Gasteiger partial charge < -0.3 is 9.47 Å². The second kappa shape index (κ2) is 8.58. The average Bonchev–Trinajstić information content (AvgIpc) is 2.25. The lowest BCUT2D eigenvalue weighted by Crippen LogP contribution is -2.21. The minimum atomic E-state index is 0. The molecule has 0 radical (unpaired) electrons. The van der Waals surface area contributed by atoms with Gasteiger partial charge in [-0.1, -0.05) is 15.9 Å². The largest absolute Gasteiger partial charge is 0.490 e. The molecule has 0 fully saturated rings. The van der Waals surface area contributed by atoms with E-state index in [9.17, 15) is 0 Å². The number of hydrogen-bond acceptors (Lipinski definition) is 4. The van der Waals surface area contributed by atoms with Crippen molar-refractivity contribution in [3.8, 4) is 11.5 Å². The van der Waals surface area contributed by atoms with Crippen LogP contribution in [0.2, 0.25) is 0 Å². The second-order valence-electron chi connectivity index (χ2n) is 3.14. The highest BCUT2D eigenvalue weighted by Crippen LogP contribution is 2.33. The summed E-state index contributed by atoms with van der Waals surface area (Å²) < 4.78 is 12.0. The Balaban J connectivity index is 0.00000256. The van der Waals surface area contributed by atoms with E-state index in [1.165, 1.54) is 0 Å². The molecule has 6 heteroatoms. The van der Waals surface area contributed by atoms with Gasteiger partial charge in [-0.2, -0.15) is 0 Å². The van der Waals surface area contributed by atoms with Crippen LogP contribution >= 0.6 is 28.3 Å². The molecule has 1 aromatic rings. The van der Waals surface area contributed by atoms with Crippen LogP contribution in [0.5, 0.6) is 11.5 Å². The van der Waals surface area contributed by atoms with Crippen LogP contribution < -0.4 is 20.7 Å². The normalized spacial score (nSPS) is 9.65. The van der Waals surface area contributed by atoms with Crippen LogP contribution in [0.3, 0.4) is 0 Å². The van der Waals surface area contributed by atoms with Gasteiger partial charge in [-0.15, -0.1) is 12.4 Å². The first-order valence-electron chi connectivity index (χ1n) is 5.24. The van der Waals surface area contributed by atoms with Gasteiger partial charge in [0.25, 0.3) is 0 Å². The monoisotopic (exact) mass is 324 g/mol. The lowest BCUT2D eigenvalue weighted by Gasteiger charge is -2.13. The Labute approximate surface area is 116 Å². The van der Waals surface area contributed by atoms with Gasteiger partial charge in [-0.05, 0) is 31.5 Å². The van der Waals surface area contributed by atoms with E-state index in [4.69, 9.17) is 15.3 Å². The molecule has 0 aromatic heterocycles. The van der Waals surface area contributed by atoms with E-state index >= 15 is 0 Å². The van der Waals surface area contributed by atoms with Gasteiger partial charge in [0.1, 0.15) is 0 Å². The van der Waals surface area contributed by atoms with Crippen LogP contribution in [-0.2, 0) is 6.54 Å². The maximum absolute atomic E-state index is 5.52. The van der Waals surface area contributed by atoms with E-state index in [-0.39, 0.29) is 12.4 Å². The number of hydrazine groups is 1. The van der Waals surface area contributed by atoms with E-state index < -0.39 is 0 Å². The molecule has 0 heterocycles. The van der Waals surface area contributed by atoms with E-state index in [1.807, 2.05) is 26.0 Å². The number of halogens is 2. The third-order valence-corrected chi connectivity index (χ3v) is 2.74. The summed E-state index contributed by atoms with van der Waals surface area (Å²) in [5.74, 6) is 6.80. The molecular formula is C11H18BrClN2O2. The topological polar surface area (TPSA) is 56.5 Å². The lowest BCUT2D eigenvalue weighted by molar-refractivity contribution is 0.287. The number of hydrogen-bond donors (Lipinski definition) is 2. The Morgan fingerprint density at radius 1 is 1.18 bits per heavy atom. The highest BCUT2D eigenvalue weighted by molar-refractivity contribution is 9.10. The quantitative estimate of drug-likeness (QED) is 0.623. The van der Waals surface area contributed by atoms with Gasteiger partial charge in [0.2, 0.25) is 0 Å². The molecule has 3 N–H and O–H groups in total. The van der Waals surface area contributed by atoms with Crippen molar-refractivity contribution in [2.75, 3.05) is 13.2 Å². The summed E-state index contributed by atoms with van der Waals surface area (Å²) in [6, 6.07) is 3.83. The molecule has 98 valence electrons. The molecule has 0 saturated heterocycles. The van der Waals surface area contributed by atoms with Gasteiger partial charge >= 0.3 is 0 Å². The highest BCUT2D eigenvalue weighted by Gasteiger charge is 2.09. The maximum atomic E-state index is 5.52. The summed E-state index contributed by atoms with van der Waals surface area (Å²) in [5.41, 5.74) is 3.66. The molecule has 0 aliphatic heterocycles. The van der Waals surface area contributed by atoms with E-state index in [0.29, 0.717) is 19.8 Å². The Kier molecular flexibility index (Phi) is 8.33. The predicted molar refractivity (Wildman–Crippen MR) is 74.8 cm³/mol. The van der Waals surface area contributed by atoms with Gasteiger partial charge in [-0.25, -0.2) is 0 Å². The Bertz CT molecular complexity index is 350. The SMILES string of the molecule is CCOc1cc(Br)c(CNN)cc1OCC.Cl. The number of nitrogens with one attached hydrogen (secondary N) is 1. The first-order valence-corrected chi connectivity index (χ1v) is 6.03. The van der Waals surface area contributed by atoms with Crippen molar-refractivity contribution in [2.45, 2.75) is 20.4 Å². The number of nitrogens with two attached hydrogens (primary N) is 1. The Hall–Kier alpha value is -0.490. The van der Waals surface area contributed by atoms with Crippen LogP contribution in [-0.4, -0.2) is 13.2 Å². The molecule has 17 heavy (non-hydrogen) atoms. The molecule has 0 unspecified atom stereocenters. The fourth-order valence-electron chi connectivity index (χ4n) is 1.36. The fourth-order valence-corrected chi connectivity index (χ4v) is 1.82. The molecular weight excluding hydrogens is 307 g/mol. The summed E-state index contributed by atoms with van der Waals surface area (Å²) in [5, 5.41) is 0. The number of ether oxygens (including phenoxy) is 2. The lowest BCUT2D eigenvalue weighted by atomic mass is 10.2. The van der Waals surface area contributed by atoms with Gasteiger partial charge in [0.15, 0.2) is 11.5 Å². The zero-order valence-electron chi connectivity index (χ0n) is 9.96. The third kappa shape index (κ3) is 4.71. The zero-order chi connectivity index (χ0) is 12.0. The second-order valence-corrected chi connectivity index (χ2v) is 3.99. The molecule has 0 amide bonds. The molecule has 0 atom stereocenters. The number of rotatable bonds is 6. The Morgan fingerprint density at radius 3 is 2.18 bits per heavy atom. The first kappa shape index (κ1) is 16.5. The molecule has 0 saturated carbocycles. The molecule has 0 bridgehead atoms. The fraction of sp³-hybridized carbons (Fsp3) is 0.455. The number of benzene rings is 1. The molecule has 0 spiro atoms. The van der Waals surface area contributed by atoms with Crippen molar-refractivity contribution in [3.05, 3.63) is 22.2 Å². The first-order chi connectivity index (χ1) is 7.72. The van der Waals surface area contributed by atoms with E-state index in [0.717, 1.165) is 21.5 Å². The molecule has 0 aliphatic rings. The summed E-state index contributed by atoms with van der Waals surface area (Å²) >= 11 is 3.47. The molecule has 1 rings (SSSR count). The van der Waals surface area contributed by atoms with Crippen molar-refractivity contribution in [1.29, 1.82) is 0 Å². The Morgan fingerprint density at radius 2 is 1.71 bits per heavy atom. The summed E-state index contributed by atoms with van der Waals surface area (Å²) in [6.45, 7) is 5.68. The van der Waals surface area contributed by atoms with E-state index in [2.05, 4.69) is 21.4 Å². The van der Waals surface area contributed by atoms with Crippen molar-refractivity contribution >= 4 is 28.3 Å². The average molecular weight is 326 g/mol. The molecule has 1 aromatic carbocycles. The summed E-state index contributed by atoms with van der Waals surface area (Å²) in [6.07, 6.45) is 0. The standard InChI is InChI=1S/C11H17BrN2O2.ClH/c1-3-15-10-5-8(7-14-13)9(12)6-11(10)16-4-2;/h5-6,14H,3-4,7,13H2,1-2H3;1H. The molecule has 0 aliphatic carbocycles. The van der Waals surface area contributed by atoms with Crippen LogP contribution in [0.1, 0.15) is 19.4 Å². The van der Waals surface area contributed by atoms with Crippen molar-refractivity contribution in [3.63, 3.8) is 0 Å². The van der Waals surface area contributed by atoms with Crippen molar-refractivity contribution in [1.82, 2.24) is 5.43 Å². The molecule has 4 nitrogen and oxygen atoms in total. The predicted octanol–water partition coefficient (Wildman–Crippen LogP) is 2.63. The summed E-state index contributed by atoms with van der Waals surface area (Å²) in [7, 11) is 0. The van der Waals surface area contributed by atoms with Crippen molar-refractivity contribution < 1.29 is 9.47 Å². The zero-order valence-corrected chi connectivity index (χ0v) is 12.4. The van der Waals surface area contributed by atoms with Crippen LogP contribution in [0.4, 0.5) is 0 Å². The van der Waals surface area contributed by atoms with Crippen molar-refractivity contribution in [2.24, 2.45) is 5.84 Å². The van der Waals surface area contributed by atoms with Gasteiger partial charge in [-0.3, -0.25) is 11.3 Å². The highest BCUT2D eigenvalue weighted by atomic mass is 79.9. The van der Waals surface area contributed by atoms with Crippen LogP contribution in [0.25, 0.3) is 0 Å². The van der Waals surface area contributed by atoms with Crippen LogP contribution in [0.15, 0.2) is 16.6 Å². The van der Waals surface area contributed by atoms with Gasteiger partial charge in [0, 0.05) is 11.0 Å². The smallest absolute Gasteiger partial charge is 0.162 e. The summed E-state index contributed by atoms with van der Waals surface area (Å²) in [4.78, 5) is 0. The minimum Gasteiger partial charge on any atom is -0.490 e. The van der Waals surface area contributed by atoms with E-state index in [1.54, 1.807) is 0 Å². The van der Waals surface area contributed by atoms with Gasteiger partial charge in [0.05, 0.1) is 13.2 Å². The minimum absolute atomic E-state index is 0. The van der Waals surface area contributed by atoms with Crippen LogP contribution in [0, 0.1) is 0 Å². The third-order valence-electron chi connectivity index (χ3n) is 2.00. The maximum Gasteiger partial charge on any atom is 0.162 e.